The maximum absolute atomic E-state index is 7.28. The number of anilines is 5. The average Bonchev–Trinajstić information content (AvgIpc) is 4.26. The summed E-state index contributed by atoms with van der Waals surface area (Å²) < 4.78 is 7.28. The second-order valence-corrected chi connectivity index (χ2v) is 24.0. The normalized spacial score (nSPS) is 23.6. The molecule has 4 unspecified atom stereocenters. The Morgan fingerprint density at radius 1 is 0.434 bits per heavy atom. The van der Waals surface area contributed by atoms with Crippen molar-refractivity contribution in [2.24, 2.45) is 0 Å². The molecule has 5 aliphatic rings. The van der Waals surface area contributed by atoms with E-state index < -0.39 is 5.41 Å². The summed E-state index contributed by atoms with van der Waals surface area (Å²) in [4.78, 5) is 7.51. The quantitative estimate of drug-likeness (QED) is 0.159. The first-order chi connectivity index (χ1) is 37.0. The van der Waals surface area contributed by atoms with Gasteiger partial charge in [0.15, 0.2) is 0 Å². The molecule has 0 spiro atoms. The molecule has 0 bridgehead atoms. The number of benzene rings is 9. The summed E-state index contributed by atoms with van der Waals surface area (Å²) in [6, 6.07) is 76.5. The maximum atomic E-state index is 7.28. The number of fused-ring (bicyclic) bond motifs is 13. The Kier molecular flexibility index (Phi) is 9.65. The molecular formula is C72H65N3O. The van der Waals surface area contributed by atoms with Gasteiger partial charge < -0.3 is 19.1 Å². The molecule has 4 nitrogen and oxygen atoms in total. The fourth-order valence-electron chi connectivity index (χ4n) is 16.2. The van der Waals surface area contributed by atoms with Crippen LogP contribution in [0.3, 0.4) is 0 Å². The lowest BCUT2D eigenvalue weighted by molar-refractivity contribution is 0.195. The summed E-state index contributed by atoms with van der Waals surface area (Å²) in [5.41, 5.74) is 22.9. The largest absolute Gasteiger partial charge is 0.455 e. The van der Waals surface area contributed by atoms with Gasteiger partial charge in [-0.15, -0.1) is 0 Å². The Labute approximate surface area is 448 Å². The van der Waals surface area contributed by atoms with Gasteiger partial charge in [0.1, 0.15) is 11.2 Å². The van der Waals surface area contributed by atoms with Crippen LogP contribution in [-0.4, -0.2) is 25.2 Å². The lowest BCUT2D eigenvalue weighted by Crippen LogP contribution is -2.54. The van der Waals surface area contributed by atoms with Crippen LogP contribution < -0.4 is 14.7 Å². The van der Waals surface area contributed by atoms with E-state index in [2.05, 4.69) is 257 Å². The van der Waals surface area contributed by atoms with Crippen molar-refractivity contribution in [2.75, 3.05) is 28.8 Å². The van der Waals surface area contributed by atoms with Crippen LogP contribution in [0, 0.1) is 0 Å². The van der Waals surface area contributed by atoms with E-state index in [1.165, 1.54) is 129 Å². The first-order valence-electron chi connectivity index (χ1n) is 28.0. The molecule has 374 valence electrons. The van der Waals surface area contributed by atoms with Crippen molar-refractivity contribution >= 4 is 50.4 Å². The van der Waals surface area contributed by atoms with Crippen LogP contribution in [-0.2, 0) is 16.2 Å². The van der Waals surface area contributed by atoms with Crippen molar-refractivity contribution in [1.82, 2.24) is 0 Å². The van der Waals surface area contributed by atoms with Gasteiger partial charge in [0.2, 0.25) is 0 Å². The number of nitrogens with zero attached hydrogens (tertiary/aromatic N) is 3. The van der Waals surface area contributed by atoms with Crippen molar-refractivity contribution in [3.63, 3.8) is 0 Å². The number of furan rings is 1. The predicted octanol–water partition coefficient (Wildman–Crippen LogP) is 18.4. The van der Waals surface area contributed by atoms with Crippen molar-refractivity contribution in [3.05, 3.63) is 234 Å². The van der Waals surface area contributed by atoms with E-state index in [1.54, 1.807) is 0 Å². The number of para-hydroxylation sites is 2. The van der Waals surface area contributed by atoms with Gasteiger partial charge in [-0.3, -0.25) is 0 Å². The van der Waals surface area contributed by atoms with E-state index >= 15 is 0 Å². The SMILES string of the molecule is CN(C)c1ccc2c(c1)oc1c(-c3ccc(N4c5ccccc5C5(C)CCCC45C)cc3)cc3c(c12)-c1ccc(-c2ccc(N4c5ccccc5C5(C)CCCCC45C)cc2)cc1C3(c1ccccc1)c1ccccc1. The van der Waals surface area contributed by atoms with Crippen molar-refractivity contribution in [3.8, 4) is 33.4 Å². The third-order valence-corrected chi connectivity index (χ3v) is 20.4. The fourth-order valence-corrected chi connectivity index (χ4v) is 16.2. The summed E-state index contributed by atoms with van der Waals surface area (Å²) in [5, 5.41) is 2.30. The molecule has 2 aliphatic heterocycles. The van der Waals surface area contributed by atoms with Gasteiger partial charge in [-0.1, -0.05) is 167 Å². The van der Waals surface area contributed by atoms with E-state index in [1.807, 2.05) is 0 Å². The van der Waals surface area contributed by atoms with Gasteiger partial charge in [0, 0.05) is 75.8 Å². The maximum Gasteiger partial charge on any atom is 0.143 e. The van der Waals surface area contributed by atoms with Crippen LogP contribution in [0.2, 0.25) is 0 Å². The van der Waals surface area contributed by atoms with Gasteiger partial charge in [0.25, 0.3) is 0 Å². The van der Waals surface area contributed by atoms with Crippen LogP contribution in [0.5, 0.6) is 0 Å². The Bertz CT molecular complexity index is 3930. The third kappa shape index (κ3) is 5.85. The molecule has 10 aromatic rings. The molecule has 0 amide bonds. The van der Waals surface area contributed by atoms with E-state index in [4.69, 9.17) is 4.42 Å². The Morgan fingerprint density at radius 3 is 1.57 bits per heavy atom. The minimum Gasteiger partial charge on any atom is -0.455 e. The van der Waals surface area contributed by atoms with Crippen LogP contribution in [0.1, 0.15) is 106 Å². The number of hydrogen-bond donors (Lipinski definition) is 0. The summed E-state index contributed by atoms with van der Waals surface area (Å²) in [7, 11) is 4.21. The topological polar surface area (TPSA) is 22.9 Å². The van der Waals surface area contributed by atoms with Crippen molar-refractivity contribution < 1.29 is 4.42 Å². The standard InChI is InChI=1S/C72H65N3O/c1-68-40-17-18-42-70(68,3)74(62-26-15-13-24-58(62)68)52-33-28-47(29-34-52)49-32-38-55-60(44-49)72(50-20-9-7-10-21-50,51-22-11-8-12-23-51)61-46-57(67-66(65(55)61)56-39-37-54(73(5)6)45-64(56)76-67)48-30-35-53(36-31-48)75-63-27-16-14-25-59(63)69(2)41-19-43-71(69,75)4/h7-16,20-39,44-46H,17-19,40-43H2,1-6H3. The first-order valence-corrected chi connectivity index (χ1v) is 28.0. The molecule has 9 aromatic carbocycles. The molecule has 4 atom stereocenters. The van der Waals surface area contributed by atoms with E-state index in [9.17, 15) is 0 Å². The number of hydrogen-bond acceptors (Lipinski definition) is 4. The highest BCUT2D eigenvalue weighted by molar-refractivity contribution is 6.19. The predicted molar refractivity (Wildman–Crippen MR) is 317 cm³/mol. The molecule has 1 aromatic heterocycles. The van der Waals surface area contributed by atoms with Gasteiger partial charge in [-0.05, 0) is 161 Å². The van der Waals surface area contributed by atoms with Gasteiger partial charge in [0.05, 0.1) is 16.5 Å². The Hall–Kier alpha value is -7.82. The van der Waals surface area contributed by atoms with Crippen LogP contribution in [0.25, 0.3) is 55.3 Å². The average molecular weight is 988 g/mol. The summed E-state index contributed by atoms with van der Waals surface area (Å²) >= 11 is 0. The molecule has 0 saturated heterocycles. The lowest BCUT2D eigenvalue weighted by Gasteiger charge is -2.50. The number of rotatable bonds is 7. The van der Waals surface area contributed by atoms with Crippen LogP contribution in [0.15, 0.2) is 205 Å². The molecule has 15 rings (SSSR count). The lowest BCUT2D eigenvalue weighted by atomic mass is 9.61. The van der Waals surface area contributed by atoms with E-state index in [0.29, 0.717) is 0 Å². The highest BCUT2D eigenvalue weighted by Gasteiger charge is 2.60. The monoisotopic (exact) mass is 988 g/mol. The molecule has 3 aliphatic carbocycles. The second kappa shape index (κ2) is 16.1. The summed E-state index contributed by atoms with van der Waals surface area (Å²) in [5.74, 6) is 0. The molecule has 0 N–H and O–H groups in total. The molecular weight excluding hydrogens is 923 g/mol. The second-order valence-electron chi connectivity index (χ2n) is 24.0. The summed E-state index contributed by atoms with van der Waals surface area (Å²) in [6.07, 6.45) is 8.55. The third-order valence-electron chi connectivity index (χ3n) is 20.4. The molecule has 4 heteroatoms. The van der Waals surface area contributed by atoms with Crippen molar-refractivity contribution in [1.29, 1.82) is 0 Å². The zero-order valence-corrected chi connectivity index (χ0v) is 44.8. The van der Waals surface area contributed by atoms with Crippen LogP contribution in [0.4, 0.5) is 28.4 Å². The highest BCUT2D eigenvalue weighted by atomic mass is 16.3. The minimum atomic E-state index is -0.654. The van der Waals surface area contributed by atoms with E-state index in [0.717, 1.165) is 33.4 Å². The minimum absolute atomic E-state index is 0.00485. The molecule has 2 fully saturated rings. The molecule has 2 saturated carbocycles. The fraction of sp³-hybridized carbons (Fsp3) is 0.250. The van der Waals surface area contributed by atoms with Gasteiger partial charge in [-0.25, -0.2) is 0 Å². The molecule has 76 heavy (non-hydrogen) atoms. The Morgan fingerprint density at radius 2 is 0.961 bits per heavy atom. The zero-order chi connectivity index (χ0) is 51.3. The van der Waals surface area contributed by atoms with Gasteiger partial charge in [-0.2, -0.15) is 0 Å². The molecule has 3 heterocycles. The highest BCUT2D eigenvalue weighted by Crippen LogP contribution is 2.65. The smallest absolute Gasteiger partial charge is 0.143 e. The first kappa shape index (κ1) is 45.6. The van der Waals surface area contributed by atoms with Crippen molar-refractivity contribution in [2.45, 2.75) is 100.0 Å². The molecule has 0 radical (unpaired) electrons. The summed E-state index contributed by atoms with van der Waals surface area (Å²) in [6.45, 7) is 10.0. The van der Waals surface area contributed by atoms with Crippen LogP contribution >= 0.6 is 0 Å². The zero-order valence-electron chi connectivity index (χ0n) is 44.8. The van der Waals surface area contributed by atoms with E-state index in [-0.39, 0.29) is 21.9 Å². The Balaban J connectivity index is 0.938. The van der Waals surface area contributed by atoms with Gasteiger partial charge >= 0.3 is 0 Å².